The maximum Gasteiger partial charge on any atom is 0.315 e. The van der Waals surface area contributed by atoms with Gasteiger partial charge in [-0.2, -0.15) is 0 Å². The predicted octanol–water partition coefficient (Wildman–Crippen LogP) is 2.64. The van der Waals surface area contributed by atoms with Crippen molar-refractivity contribution in [2.75, 3.05) is 13.1 Å². The number of amides is 2. The normalized spacial score (nSPS) is 9.40. The second kappa shape index (κ2) is 8.03. The summed E-state index contributed by atoms with van der Waals surface area (Å²) in [5.41, 5.74) is 0.951. The Kier molecular flexibility index (Phi) is 5.69. The highest BCUT2D eigenvalue weighted by Crippen LogP contribution is 2.07. The molecule has 0 aliphatic carbocycles. The average molecular weight is 284 g/mol. The lowest BCUT2D eigenvalue weighted by molar-refractivity contribution is 0.242. The van der Waals surface area contributed by atoms with Gasteiger partial charge in [-0.1, -0.05) is 36.1 Å². The third-order valence-corrected chi connectivity index (χ3v) is 3.52. The third kappa shape index (κ3) is 5.17. The van der Waals surface area contributed by atoms with Gasteiger partial charge in [-0.15, -0.1) is 11.3 Å². The fraction of sp³-hybridized carbons (Fsp3) is 0.188. The van der Waals surface area contributed by atoms with E-state index < -0.39 is 0 Å². The van der Waals surface area contributed by atoms with E-state index in [0.29, 0.717) is 13.1 Å². The standard InChI is InChI=1S/C16H16N2OS/c19-16(18-12-10-15-9-5-13-20-15)17-11-4-8-14-6-2-1-3-7-14/h1-3,5-7,9,13H,10-12H2,(H2,17,18,19). The zero-order valence-corrected chi connectivity index (χ0v) is 11.9. The zero-order chi connectivity index (χ0) is 14.0. The Balaban J connectivity index is 1.62. The van der Waals surface area contributed by atoms with E-state index in [9.17, 15) is 4.79 Å². The molecule has 0 atom stereocenters. The molecule has 102 valence electrons. The van der Waals surface area contributed by atoms with Gasteiger partial charge in [0.25, 0.3) is 0 Å². The topological polar surface area (TPSA) is 41.1 Å². The van der Waals surface area contributed by atoms with Crippen LogP contribution in [0.1, 0.15) is 10.4 Å². The van der Waals surface area contributed by atoms with Crippen molar-refractivity contribution < 1.29 is 4.79 Å². The second-order valence-electron chi connectivity index (χ2n) is 4.11. The van der Waals surface area contributed by atoms with Crippen LogP contribution in [0.2, 0.25) is 0 Å². The highest BCUT2D eigenvalue weighted by molar-refractivity contribution is 7.09. The predicted molar refractivity (Wildman–Crippen MR) is 82.7 cm³/mol. The molecule has 2 rings (SSSR count). The summed E-state index contributed by atoms with van der Waals surface area (Å²) in [7, 11) is 0. The van der Waals surface area contributed by atoms with Crippen LogP contribution in [0.4, 0.5) is 4.79 Å². The van der Waals surface area contributed by atoms with Gasteiger partial charge in [-0.05, 0) is 30.0 Å². The van der Waals surface area contributed by atoms with E-state index in [-0.39, 0.29) is 6.03 Å². The molecule has 0 saturated heterocycles. The lowest BCUT2D eigenvalue weighted by Crippen LogP contribution is -2.36. The third-order valence-electron chi connectivity index (χ3n) is 2.58. The summed E-state index contributed by atoms with van der Waals surface area (Å²) < 4.78 is 0. The molecular weight excluding hydrogens is 268 g/mol. The highest BCUT2D eigenvalue weighted by atomic mass is 32.1. The van der Waals surface area contributed by atoms with Crippen molar-refractivity contribution in [2.45, 2.75) is 6.42 Å². The molecule has 3 nitrogen and oxygen atoms in total. The number of carbonyl (C=O) groups excluding carboxylic acids is 1. The van der Waals surface area contributed by atoms with Crippen LogP contribution in [0.3, 0.4) is 0 Å². The first kappa shape index (κ1) is 14.2. The van der Waals surface area contributed by atoms with Crippen LogP contribution in [-0.4, -0.2) is 19.1 Å². The summed E-state index contributed by atoms with van der Waals surface area (Å²) in [5, 5.41) is 7.56. The monoisotopic (exact) mass is 284 g/mol. The van der Waals surface area contributed by atoms with Crippen LogP contribution in [-0.2, 0) is 6.42 Å². The minimum Gasteiger partial charge on any atom is -0.338 e. The van der Waals surface area contributed by atoms with Crippen molar-refractivity contribution in [1.29, 1.82) is 0 Å². The molecule has 2 aromatic rings. The van der Waals surface area contributed by atoms with E-state index in [1.165, 1.54) is 4.88 Å². The first-order valence-electron chi connectivity index (χ1n) is 6.42. The Hall–Kier alpha value is -2.25. The lowest BCUT2D eigenvalue weighted by Gasteiger charge is -2.03. The summed E-state index contributed by atoms with van der Waals surface area (Å²) >= 11 is 1.70. The summed E-state index contributed by atoms with van der Waals surface area (Å²) in [4.78, 5) is 12.8. The minimum atomic E-state index is -0.177. The molecule has 1 aromatic heterocycles. The van der Waals surface area contributed by atoms with Gasteiger partial charge >= 0.3 is 6.03 Å². The second-order valence-corrected chi connectivity index (χ2v) is 5.14. The molecule has 20 heavy (non-hydrogen) atoms. The van der Waals surface area contributed by atoms with Gasteiger partial charge in [0.2, 0.25) is 0 Å². The van der Waals surface area contributed by atoms with Crippen molar-refractivity contribution >= 4 is 17.4 Å². The Bertz CT molecular complexity index is 582. The molecular formula is C16H16N2OS. The first-order chi connectivity index (χ1) is 9.84. The van der Waals surface area contributed by atoms with Crippen molar-refractivity contribution in [3.63, 3.8) is 0 Å². The Morgan fingerprint density at radius 3 is 2.70 bits per heavy atom. The quantitative estimate of drug-likeness (QED) is 0.833. The lowest BCUT2D eigenvalue weighted by atomic mass is 10.2. The number of rotatable bonds is 4. The molecule has 0 radical (unpaired) electrons. The molecule has 0 unspecified atom stereocenters. The minimum absolute atomic E-state index is 0.177. The molecule has 0 aliphatic heterocycles. The van der Waals surface area contributed by atoms with Gasteiger partial charge in [0.15, 0.2) is 0 Å². The molecule has 1 aromatic carbocycles. The molecule has 2 N–H and O–H groups in total. The van der Waals surface area contributed by atoms with Crippen LogP contribution in [0, 0.1) is 11.8 Å². The fourth-order valence-electron chi connectivity index (χ4n) is 1.61. The summed E-state index contributed by atoms with van der Waals surface area (Å²) in [5.74, 6) is 5.90. The summed E-state index contributed by atoms with van der Waals surface area (Å²) in [6.07, 6.45) is 0.862. The maximum atomic E-state index is 11.5. The zero-order valence-electron chi connectivity index (χ0n) is 11.1. The number of benzene rings is 1. The van der Waals surface area contributed by atoms with E-state index in [2.05, 4.69) is 28.5 Å². The van der Waals surface area contributed by atoms with Crippen LogP contribution in [0.5, 0.6) is 0 Å². The molecule has 0 spiro atoms. The molecule has 1 heterocycles. The number of urea groups is 1. The molecule has 0 aliphatic rings. The van der Waals surface area contributed by atoms with Crippen molar-refractivity contribution in [1.82, 2.24) is 10.6 Å². The number of hydrogen-bond donors (Lipinski definition) is 2. The van der Waals surface area contributed by atoms with Gasteiger partial charge < -0.3 is 10.6 Å². The molecule has 0 saturated carbocycles. The highest BCUT2D eigenvalue weighted by Gasteiger charge is 1.98. The summed E-state index contributed by atoms with van der Waals surface area (Å²) in [6.45, 7) is 0.984. The smallest absolute Gasteiger partial charge is 0.315 e. The van der Waals surface area contributed by atoms with Crippen molar-refractivity contribution in [2.24, 2.45) is 0 Å². The Labute approximate surface area is 123 Å². The number of hydrogen-bond acceptors (Lipinski definition) is 2. The Morgan fingerprint density at radius 2 is 1.95 bits per heavy atom. The number of thiophene rings is 1. The van der Waals surface area contributed by atoms with E-state index in [1.54, 1.807) is 11.3 Å². The number of carbonyl (C=O) groups is 1. The maximum absolute atomic E-state index is 11.5. The van der Waals surface area contributed by atoms with Gasteiger partial charge in [-0.3, -0.25) is 0 Å². The van der Waals surface area contributed by atoms with Crippen molar-refractivity contribution in [3.8, 4) is 11.8 Å². The van der Waals surface area contributed by atoms with E-state index in [4.69, 9.17) is 0 Å². The Morgan fingerprint density at radius 1 is 1.10 bits per heavy atom. The fourth-order valence-corrected chi connectivity index (χ4v) is 2.32. The largest absolute Gasteiger partial charge is 0.338 e. The van der Waals surface area contributed by atoms with E-state index in [1.807, 2.05) is 41.8 Å². The van der Waals surface area contributed by atoms with Crippen molar-refractivity contribution in [3.05, 3.63) is 58.3 Å². The molecule has 0 fully saturated rings. The van der Waals surface area contributed by atoms with Crippen LogP contribution in [0.25, 0.3) is 0 Å². The van der Waals surface area contributed by atoms with Gasteiger partial charge in [0.05, 0.1) is 6.54 Å². The first-order valence-corrected chi connectivity index (χ1v) is 7.30. The average Bonchev–Trinajstić information content (AvgIpc) is 2.98. The van der Waals surface area contributed by atoms with E-state index in [0.717, 1.165) is 12.0 Å². The number of nitrogens with one attached hydrogen (secondary N) is 2. The van der Waals surface area contributed by atoms with Gasteiger partial charge in [0, 0.05) is 17.0 Å². The molecule has 2 amide bonds. The van der Waals surface area contributed by atoms with E-state index >= 15 is 0 Å². The van der Waals surface area contributed by atoms with Crippen LogP contribution in [0.15, 0.2) is 47.8 Å². The molecule has 4 heteroatoms. The molecule has 0 bridgehead atoms. The van der Waals surface area contributed by atoms with Crippen LogP contribution < -0.4 is 10.6 Å². The SMILES string of the molecule is O=C(NCC#Cc1ccccc1)NCCc1cccs1. The van der Waals surface area contributed by atoms with Crippen LogP contribution >= 0.6 is 11.3 Å². The van der Waals surface area contributed by atoms with Gasteiger partial charge in [0.1, 0.15) is 0 Å². The summed E-state index contributed by atoms with van der Waals surface area (Å²) in [6, 6.07) is 13.6. The van der Waals surface area contributed by atoms with Gasteiger partial charge in [-0.25, -0.2) is 4.79 Å².